The molecule has 0 unspecified atom stereocenters. The van der Waals surface area contributed by atoms with E-state index in [1.54, 1.807) is 0 Å². The van der Waals surface area contributed by atoms with Gasteiger partial charge in [0.2, 0.25) is 5.95 Å². The quantitative estimate of drug-likeness (QED) is 0.176. The Hall–Kier alpha value is -7.41. The van der Waals surface area contributed by atoms with E-state index in [-0.39, 0.29) is 0 Å². The van der Waals surface area contributed by atoms with E-state index in [2.05, 4.69) is 173 Å². The molecule has 12 rings (SSSR count). The molecule has 0 N–H and O–H groups in total. The zero-order chi connectivity index (χ0) is 37.5. The highest BCUT2D eigenvalue weighted by Crippen LogP contribution is 2.47. The van der Waals surface area contributed by atoms with Crippen LogP contribution < -0.4 is 0 Å². The Bertz CT molecular complexity index is 3510. The second-order valence-corrected chi connectivity index (χ2v) is 15.4. The van der Waals surface area contributed by atoms with E-state index in [1.165, 1.54) is 42.0 Å². The zero-order valence-corrected chi connectivity index (χ0v) is 31.4. The summed E-state index contributed by atoms with van der Waals surface area (Å²) in [7, 11) is 0. The molecule has 0 aliphatic rings. The summed E-state index contributed by atoms with van der Waals surface area (Å²) in [5.41, 5.74) is 9.78. The first kappa shape index (κ1) is 31.9. The summed E-state index contributed by atoms with van der Waals surface area (Å²) >= 11 is 1.86. The molecule has 5 nitrogen and oxygen atoms in total. The van der Waals surface area contributed by atoms with Gasteiger partial charge in [0.15, 0.2) is 11.6 Å². The predicted octanol–water partition coefficient (Wildman–Crippen LogP) is 13.4. The summed E-state index contributed by atoms with van der Waals surface area (Å²) in [6.07, 6.45) is 0. The second kappa shape index (κ2) is 12.6. The summed E-state index contributed by atoms with van der Waals surface area (Å²) in [5.74, 6) is 1.84. The SMILES string of the molecule is c1ccc(-c2nc(-c3ccccc3-c3ccccc3)nc(-n3c4ccccc4c4ccc5c6ccc7c8ccccc8n(-c8ccccc8)c7c6sc5c43)n2)cc1. The molecule has 8 aromatic carbocycles. The minimum absolute atomic E-state index is 0.585. The number of para-hydroxylation sites is 3. The number of fused-ring (bicyclic) bond motifs is 11. The Kier molecular flexibility index (Phi) is 7.03. The van der Waals surface area contributed by atoms with E-state index in [9.17, 15) is 0 Å². The summed E-state index contributed by atoms with van der Waals surface area (Å²) in [6, 6.07) is 66.4. The zero-order valence-electron chi connectivity index (χ0n) is 30.5. The van der Waals surface area contributed by atoms with Crippen LogP contribution in [0.5, 0.6) is 0 Å². The van der Waals surface area contributed by atoms with Crippen molar-refractivity contribution < 1.29 is 0 Å². The molecular weight excluding hydrogens is 715 g/mol. The van der Waals surface area contributed by atoms with Gasteiger partial charge in [0.25, 0.3) is 0 Å². The number of hydrogen-bond donors (Lipinski definition) is 0. The standard InChI is InChI=1S/C51H31N5S/c1-4-16-32(17-5-1)35-22-10-11-25-42(35)50-52-49(33-18-6-2-7-19-33)53-51(54-50)56-44-27-15-13-24-37(44)39-29-31-41-40-30-28-38-36-23-12-14-26-43(36)55(34-20-8-3-9-21-34)45(38)47(40)57-48(41)46(39)56/h1-31H. The number of thiophene rings is 1. The van der Waals surface area contributed by atoms with Gasteiger partial charge in [-0.2, -0.15) is 9.97 Å². The Labute approximate surface area is 331 Å². The normalized spacial score (nSPS) is 11.9. The number of rotatable bonds is 5. The van der Waals surface area contributed by atoms with Crippen molar-refractivity contribution >= 4 is 75.1 Å². The van der Waals surface area contributed by atoms with Gasteiger partial charge in [-0.25, -0.2) is 4.98 Å². The molecule has 0 aliphatic carbocycles. The first-order valence-electron chi connectivity index (χ1n) is 19.1. The Morgan fingerprint density at radius 2 is 0.807 bits per heavy atom. The topological polar surface area (TPSA) is 48.5 Å². The van der Waals surface area contributed by atoms with E-state index >= 15 is 0 Å². The van der Waals surface area contributed by atoms with Gasteiger partial charge >= 0.3 is 0 Å². The average Bonchev–Trinajstić information content (AvgIpc) is 3.95. The van der Waals surface area contributed by atoms with E-state index in [0.29, 0.717) is 17.6 Å². The number of benzene rings is 8. The maximum atomic E-state index is 5.39. The van der Waals surface area contributed by atoms with Crippen molar-refractivity contribution in [2.75, 3.05) is 0 Å². The van der Waals surface area contributed by atoms with Gasteiger partial charge in [0.1, 0.15) is 0 Å². The van der Waals surface area contributed by atoms with Gasteiger partial charge in [0.05, 0.1) is 31.5 Å². The summed E-state index contributed by atoms with van der Waals surface area (Å²) in [6.45, 7) is 0. The Morgan fingerprint density at radius 1 is 0.333 bits per heavy atom. The van der Waals surface area contributed by atoms with Crippen LogP contribution in [0, 0.1) is 0 Å². The maximum absolute atomic E-state index is 5.39. The van der Waals surface area contributed by atoms with Crippen LogP contribution in [0.15, 0.2) is 188 Å². The van der Waals surface area contributed by atoms with Crippen LogP contribution in [0.25, 0.3) is 109 Å². The van der Waals surface area contributed by atoms with E-state index in [1.807, 2.05) is 35.6 Å². The summed E-state index contributed by atoms with van der Waals surface area (Å²) in [5, 5.41) is 7.26. The minimum atomic E-state index is 0.585. The Balaban J connectivity index is 1.20. The van der Waals surface area contributed by atoms with Crippen molar-refractivity contribution in [1.82, 2.24) is 24.1 Å². The highest BCUT2D eigenvalue weighted by molar-refractivity contribution is 7.27. The molecule has 0 bridgehead atoms. The molecule has 0 amide bonds. The van der Waals surface area contributed by atoms with Crippen LogP contribution in [0.4, 0.5) is 0 Å². The minimum Gasteiger partial charge on any atom is -0.308 e. The smallest absolute Gasteiger partial charge is 0.238 e. The van der Waals surface area contributed by atoms with Crippen molar-refractivity contribution in [3.63, 3.8) is 0 Å². The third-order valence-corrected chi connectivity index (χ3v) is 12.4. The molecule has 0 aliphatic heterocycles. The van der Waals surface area contributed by atoms with Crippen LogP contribution in [-0.2, 0) is 0 Å². The highest BCUT2D eigenvalue weighted by Gasteiger charge is 2.24. The lowest BCUT2D eigenvalue weighted by Crippen LogP contribution is -2.07. The predicted molar refractivity (Wildman–Crippen MR) is 238 cm³/mol. The third-order valence-electron chi connectivity index (χ3n) is 11.2. The molecule has 4 aromatic heterocycles. The number of aromatic nitrogens is 5. The van der Waals surface area contributed by atoms with Crippen LogP contribution in [-0.4, -0.2) is 24.1 Å². The van der Waals surface area contributed by atoms with Crippen molar-refractivity contribution in [3.05, 3.63) is 188 Å². The average molecular weight is 746 g/mol. The fourth-order valence-electron chi connectivity index (χ4n) is 8.69. The van der Waals surface area contributed by atoms with Crippen LogP contribution in [0.2, 0.25) is 0 Å². The molecule has 0 radical (unpaired) electrons. The van der Waals surface area contributed by atoms with Gasteiger partial charge in [-0.15, -0.1) is 11.3 Å². The fourth-order valence-corrected chi connectivity index (χ4v) is 10.1. The van der Waals surface area contributed by atoms with Crippen LogP contribution >= 0.6 is 11.3 Å². The molecule has 0 atom stereocenters. The molecule has 12 aromatic rings. The van der Waals surface area contributed by atoms with Crippen molar-refractivity contribution in [2.45, 2.75) is 0 Å². The van der Waals surface area contributed by atoms with Gasteiger partial charge in [-0.1, -0.05) is 164 Å². The molecule has 0 spiro atoms. The first-order chi connectivity index (χ1) is 28.3. The van der Waals surface area contributed by atoms with Crippen molar-refractivity contribution in [1.29, 1.82) is 0 Å². The number of nitrogens with zero attached hydrogens (tertiary/aromatic N) is 5. The number of hydrogen-bond acceptors (Lipinski definition) is 4. The Morgan fingerprint density at radius 3 is 1.46 bits per heavy atom. The highest BCUT2D eigenvalue weighted by atomic mass is 32.1. The molecule has 6 heteroatoms. The lowest BCUT2D eigenvalue weighted by Gasteiger charge is -2.13. The van der Waals surface area contributed by atoms with Crippen molar-refractivity contribution in [2.24, 2.45) is 0 Å². The van der Waals surface area contributed by atoms with Gasteiger partial charge < -0.3 is 4.57 Å². The lowest BCUT2D eigenvalue weighted by atomic mass is 9.99. The molecule has 0 fully saturated rings. The summed E-state index contributed by atoms with van der Waals surface area (Å²) < 4.78 is 7.16. The molecule has 4 heterocycles. The summed E-state index contributed by atoms with van der Waals surface area (Å²) in [4.78, 5) is 15.9. The van der Waals surface area contributed by atoms with E-state index < -0.39 is 0 Å². The van der Waals surface area contributed by atoms with Gasteiger partial charge in [0, 0.05) is 49.1 Å². The molecule has 266 valence electrons. The van der Waals surface area contributed by atoms with Crippen LogP contribution in [0.1, 0.15) is 0 Å². The first-order valence-corrected chi connectivity index (χ1v) is 19.9. The largest absolute Gasteiger partial charge is 0.308 e. The molecular formula is C51H31N5S. The fraction of sp³-hybridized carbons (Fsp3) is 0. The van der Waals surface area contributed by atoms with Gasteiger partial charge in [-0.3, -0.25) is 4.57 Å². The molecule has 0 saturated heterocycles. The maximum Gasteiger partial charge on any atom is 0.238 e. The van der Waals surface area contributed by atoms with Gasteiger partial charge in [-0.05, 0) is 35.4 Å². The second-order valence-electron chi connectivity index (χ2n) is 14.4. The van der Waals surface area contributed by atoms with Crippen LogP contribution in [0.3, 0.4) is 0 Å². The van der Waals surface area contributed by atoms with Crippen molar-refractivity contribution in [3.8, 4) is 45.5 Å². The third kappa shape index (κ3) is 4.84. The molecule has 57 heavy (non-hydrogen) atoms. The van der Waals surface area contributed by atoms with E-state index in [0.717, 1.165) is 49.7 Å². The lowest BCUT2D eigenvalue weighted by molar-refractivity contribution is 0.955. The monoisotopic (exact) mass is 745 g/mol. The molecule has 0 saturated carbocycles. The van der Waals surface area contributed by atoms with E-state index in [4.69, 9.17) is 15.0 Å².